The molecule has 0 amide bonds. The fourth-order valence-corrected chi connectivity index (χ4v) is 4.53. The van der Waals surface area contributed by atoms with Gasteiger partial charge in [0.05, 0.1) is 6.10 Å². The van der Waals surface area contributed by atoms with Gasteiger partial charge < -0.3 is 19.7 Å². The molecule has 1 saturated heterocycles. The van der Waals surface area contributed by atoms with Crippen LogP contribution in [-0.2, 0) is 19.1 Å². The Morgan fingerprint density at radius 2 is 2.13 bits per heavy atom. The van der Waals surface area contributed by atoms with E-state index in [0.29, 0.717) is 18.4 Å². The van der Waals surface area contributed by atoms with Gasteiger partial charge in [0.2, 0.25) is 0 Å². The monoisotopic (exact) mass is 322 g/mol. The predicted octanol–water partition coefficient (Wildman–Crippen LogP) is 0.581. The molecule has 6 nitrogen and oxygen atoms in total. The van der Waals surface area contributed by atoms with Crippen LogP contribution in [0.25, 0.3) is 0 Å². The average Bonchev–Trinajstić information content (AvgIpc) is 2.86. The van der Waals surface area contributed by atoms with E-state index in [1.165, 1.54) is 6.92 Å². The number of carbonyl (C=O) groups is 2. The van der Waals surface area contributed by atoms with Crippen LogP contribution in [0.4, 0.5) is 0 Å². The van der Waals surface area contributed by atoms with E-state index in [1.54, 1.807) is 0 Å². The van der Waals surface area contributed by atoms with Crippen molar-refractivity contribution in [3.63, 3.8) is 0 Å². The molecule has 126 valence electrons. The third-order valence-electron chi connectivity index (χ3n) is 5.53. The van der Waals surface area contributed by atoms with E-state index >= 15 is 0 Å². The minimum absolute atomic E-state index is 0.147. The minimum Gasteiger partial charge on any atom is -0.459 e. The molecule has 0 radical (unpaired) electrons. The van der Waals surface area contributed by atoms with Crippen LogP contribution in [0.3, 0.4) is 0 Å². The third-order valence-corrected chi connectivity index (χ3v) is 5.53. The summed E-state index contributed by atoms with van der Waals surface area (Å²) in [6, 6.07) is 0. The van der Waals surface area contributed by atoms with Crippen LogP contribution in [0, 0.1) is 23.7 Å². The van der Waals surface area contributed by atoms with Crippen LogP contribution in [0.15, 0.2) is 24.3 Å². The molecule has 2 aliphatic carbocycles. The van der Waals surface area contributed by atoms with Gasteiger partial charge in [0, 0.05) is 42.8 Å². The second-order valence-electron chi connectivity index (χ2n) is 6.71. The van der Waals surface area contributed by atoms with E-state index in [0.717, 1.165) is 5.57 Å². The van der Waals surface area contributed by atoms with E-state index < -0.39 is 36.2 Å². The fourth-order valence-electron chi connectivity index (χ4n) is 4.53. The molecule has 2 N–H and O–H groups in total. The van der Waals surface area contributed by atoms with Gasteiger partial charge in [-0.25, -0.2) is 4.79 Å². The summed E-state index contributed by atoms with van der Waals surface area (Å²) in [6.07, 6.45) is -0.925. The van der Waals surface area contributed by atoms with Crippen LogP contribution in [0.5, 0.6) is 0 Å². The fraction of sp³-hybridized carbons (Fsp3) is 0.647. The van der Waals surface area contributed by atoms with E-state index in [-0.39, 0.29) is 24.4 Å². The predicted molar refractivity (Wildman–Crippen MR) is 80.0 cm³/mol. The highest BCUT2D eigenvalue weighted by Gasteiger charge is 2.60. The van der Waals surface area contributed by atoms with Crippen molar-refractivity contribution in [2.45, 2.75) is 38.1 Å². The lowest BCUT2D eigenvalue weighted by atomic mass is 9.79. The molecule has 3 fully saturated rings. The van der Waals surface area contributed by atoms with Crippen molar-refractivity contribution in [3.05, 3.63) is 24.3 Å². The van der Waals surface area contributed by atoms with Gasteiger partial charge in [-0.15, -0.1) is 0 Å². The first kappa shape index (κ1) is 16.2. The molecule has 0 spiro atoms. The number of ether oxygens (including phenoxy) is 2. The largest absolute Gasteiger partial charge is 0.459 e. The number of hydrogen-bond acceptors (Lipinski definition) is 6. The first-order chi connectivity index (χ1) is 10.9. The summed E-state index contributed by atoms with van der Waals surface area (Å²) in [4.78, 5) is 23.3. The van der Waals surface area contributed by atoms with Crippen molar-refractivity contribution in [3.8, 4) is 0 Å². The Hall–Kier alpha value is -1.66. The molecule has 1 aliphatic heterocycles. The quantitative estimate of drug-likeness (QED) is 0.439. The van der Waals surface area contributed by atoms with Gasteiger partial charge in [-0.1, -0.05) is 18.7 Å². The molecular weight excluding hydrogens is 300 g/mol. The highest BCUT2D eigenvalue weighted by Crippen LogP contribution is 2.53. The summed E-state index contributed by atoms with van der Waals surface area (Å²) in [5.74, 6) is -2.29. The lowest BCUT2D eigenvalue weighted by molar-refractivity contribution is -0.156. The highest BCUT2D eigenvalue weighted by molar-refractivity contribution is 5.90. The molecule has 0 aromatic rings. The number of rotatable bonds is 2. The number of fused-ring (bicyclic) bond motifs is 3. The Kier molecular flexibility index (Phi) is 4.06. The van der Waals surface area contributed by atoms with E-state index in [1.807, 2.05) is 0 Å². The lowest BCUT2D eigenvalue weighted by Crippen LogP contribution is -2.37. The molecule has 0 aromatic carbocycles. The summed E-state index contributed by atoms with van der Waals surface area (Å²) in [6.45, 7) is 8.89. The maximum atomic E-state index is 11.9. The van der Waals surface area contributed by atoms with Gasteiger partial charge in [0.15, 0.2) is 0 Å². The number of carbonyl (C=O) groups excluding carboxylic acids is 2. The molecule has 0 aromatic heterocycles. The smallest absolute Gasteiger partial charge is 0.334 e. The Morgan fingerprint density at radius 1 is 1.43 bits per heavy atom. The molecule has 0 bridgehead atoms. The number of hydrogen-bond donors (Lipinski definition) is 2. The van der Waals surface area contributed by atoms with Gasteiger partial charge in [-0.3, -0.25) is 4.79 Å². The maximum Gasteiger partial charge on any atom is 0.334 e. The molecule has 6 heteroatoms. The van der Waals surface area contributed by atoms with E-state index in [4.69, 9.17) is 9.47 Å². The SMILES string of the molecule is C=C1CC[C@H]2C(=C)C(=O)O[C@@H]2[C@H]2[C@H](CO)[C@@H](OC(C)=O)[C@H](O)[C@@H]12. The zero-order valence-electron chi connectivity index (χ0n) is 13.1. The van der Waals surface area contributed by atoms with Crippen LogP contribution >= 0.6 is 0 Å². The van der Waals surface area contributed by atoms with E-state index in [9.17, 15) is 19.8 Å². The number of esters is 2. The molecule has 23 heavy (non-hydrogen) atoms. The molecule has 3 rings (SSSR count). The van der Waals surface area contributed by atoms with Crippen LogP contribution in [0.1, 0.15) is 19.8 Å². The van der Waals surface area contributed by atoms with Crippen LogP contribution in [0.2, 0.25) is 0 Å². The van der Waals surface area contributed by atoms with Gasteiger partial charge in [0.25, 0.3) is 0 Å². The standard InChI is InChI=1S/C17H22O6/c1-7-4-5-10-8(2)17(21)23-15(10)13-11(6-18)16(22-9(3)19)14(20)12(7)13/h10-16,18,20H,1-2,4-6H2,3H3/t10-,11-,12-,13-,14+,15-,16+/m0/s1. The van der Waals surface area contributed by atoms with Gasteiger partial charge >= 0.3 is 11.9 Å². The second kappa shape index (κ2) is 5.76. The van der Waals surface area contributed by atoms with Gasteiger partial charge in [0.1, 0.15) is 12.2 Å². The topological polar surface area (TPSA) is 93.1 Å². The number of aliphatic hydroxyl groups is 2. The molecule has 3 aliphatic rings. The molecule has 1 heterocycles. The molecular formula is C17H22O6. The van der Waals surface area contributed by atoms with Crippen LogP contribution in [-0.4, -0.2) is 47.1 Å². The van der Waals surface area contributed by atoms with Crippen molar-refractivity contribution in [1.29, 1.82) is 0 Å². The van der Waals surface area contributed by atoms with Crippen molar-refractivity contribution >= 4 is 11.9 Å². The molecule has 0 unspecified atom stereocenters. The Morgan fingerprint density at radius 3 is 2.74 bits per heavy atom. The average molecular weight is 322 g/mol. The van der Waals surface area contributed by atoms with Crippen molar-refractivity contribution in [1.82, 2.24) is 0 Å². The maximum absolute atomic E-state index is 11.9. The second-order valence-corrected chi connectivity index (χ2v) is 6.71. The summed E-state index contributed by atoms with van der Waals surface area (Å²) >= 11 is 0. The summed E-state index contributed by atoms with van der Waals surface area (Å²) < 4.78 is 10.8. The Balaban J connectivity index is 2.00. The zero-order valence-corrected chi connectivity index (χ0v) is 13.1. The summed E-state index contributed by atoms with van der Waals surface area (Å²) in [7, 11) is 0. The summed E-state index contributed by atoms with van der Waals surface area (Å²) in [5, 5.41) is 20.5. The summed E-state index contributed by atoms with van der Waals surface area (Å²) in [5.41, 5.74) is 1.28. The third kappa shape index (κ3) is 2.40. The molecule has 7 atom stereocenters. The molecule has 2 saturated carbocycles. The first-order valence-electron chi connectivity index (χ1n) is 7.90. The lowest BCUT2D eigenvalue weighted by Gasteiger charge is -2.29. The highest BCUT2D eigenvalue weighted by atomic mass is 16.6. The Labute approximate surface area is 134 Å². The number of aliphatic hydroxyl groups excluding tert-OH is 2. The van der Waals surface area contributed by atoms with Crippen LogP contribution < -0.4 is 0 Å². The minimum atomic E-state index is -0.958. The first-order valence-corrected chi connectivity index (χ1v) is 7.90. The van der Waals surface area contributed by atoms with E-state index in [2.05, 4.69) is 13.2 Å². The van der Waals surface area contributed by atoms with Crippen molar-refractivity contribution < 1.29 is 29.3 Å². The zero-order chi connectivity index (χ0) is 16.9. The Bertz CT molecular complexity index is 567. The van der Waals surface area contributed by atoms with Crippen molar-refractivity contribution in [2.24, 2.45) is 23.7 Å². The van der Waals surface area contributed by atoms with Crippen molar-refractivity contribution in [2.75, 3.05) is 6.61 Å². The normalized spacial score (nSPS) is 42.7. The van der Waals surface area contributed by atoms with Gasteiger partial charge in [-0.05, 0) is 12.8 Å². The van der Waals surface area contributed by atoms with Gasteiger partial charge in [-0.2, -0.15) is 0 Å².